The van der Waals surface area contributed by atoms with Crippen molar-refractivity contribution in [2.45, 2.75) is 53.4 Å². The van der Waals surface area contributed by atoms with Gasteiger partial charge in [-0.1, -0.05) is 27.7 Å². The molecule has 1 aromatic rings. The molecule has 4 heteroatoms. The first kappa shape index (κ1) is 17.6. The maximum Gasteiger partial charge on any atom is 0.219 e. The third-order valence-electron chi connectivity index (χ3n) is 3.11. The molecule has 3 nitrogen and oxygen atoms in total. The molecular formula is C17H27FN2O. The van der Waals surface area contributed by atoms with Gasteiger partial charge in [0.05, 0.1) is 6.20 Å². The van der Waals surface area contributed by atoms with E-state index in [9.17, 15) is 9.18 Å². The molecule has 1 aliphatic rings. The summed E-state index contributed by atoms with van der Waals surface area (Å²) in [6.07, 6.45) is 3.09. The second-order valence-corrected chi connectivity index (χ2v) is 7.18. The molecule has 1 saturated heterocycles. The van der Waals surface area contributed by atoms with Gasteiger partial charge in [0, 0.05) is 31.6 Å². The van der Waals surface area contributed by atoms with Gasteiger partial charge < -0.3 is 4.90 Å². The average Bonchev–Trinajstić information content (AvgIpc) is 2.38. The summed E-state index contributed by atoms with van der Waals surface area (Å²) in [5.74, 6) is 0.187. The highest BCUT2D eigenvalue weighted by Gasteiger charge is 2.22. The van der Waals surface area contributed by atoms with Gasteiger partial charge in [-0.15, -0.1) is 0 Å². The Hall–Kier alpha value is -1.45. The van der Waals surface area contributed by atoms with Gasteiger partial charge in [0.15, 0.2) is 0 Å². The van der Waals surface area contributed by atoms with E-state index in [2.05, 4.69) is 32.7 Å². The predicted octanol–water partition coefficient (Wildman–Crippen LogP) is 4.00. The van der Waals surface area contributed by atoms with Gasteiger partial charge in [-0.3, -0.25) is 9.78 Å². The van der Waals surface area contributed by atoms with E-state index in [1.807, 2.05) is 4.90 Å². The number of hydrogen-bond acceptors (Lipinski definition) is 2. The van der Waals surface area contributed by atoms with Crippen LogP contribution in [0, 0.1) is 11.2 Å². The summed E-state index contributed by atoms with van der Waals surface area (Å²) < 4.78 is 12.7. The maximum absolute atomic E-state index is 12.7. The lowest BCUT2D eigenvalue weighted by molar-refractivity contribution is -0.129. The van der Waals surface area contributed by atoms with Crippen LogP contribution in [0.5, 0.6) is 0 Å². The minimum absolute atomic E-state index is 0.130. The van der Waals surface area contributed by atoms with Crippen LogP contribution in [-0.2, 0) is 4.79 Å². The Labute approximate surface area is 127 Å². The number of carbonyl (C=O) groups is 1. The smallest absolute Gasteiger partial charge is 0.219 e. The fraction of sp³-hybridized carbons (Fsp3) is 0.647. The summed E-state index contributed by atoms with van der Waals surface area (Å²) in [6, 6.07) is 3.18. The third-order valence-corrected chi connectivity index (χ3v) is 3.11. The molecule has 0 saturated carbocycles. The molecule has 1 fully saturated rings. The lowest BCUT2D eigenvalue weighted by Crippen LogP contribution is -2.36. The average molecular weight is 294 g/mol. The first-order valence-corrected chi connectivity index (χ1v) is 7.54. The van der Waals surface area contributed by atoms with Crippen LogP contribution < -0.4 is 0 Å². The zero-order chi connectivity index (χ0) is 16.0. The number of piperidine rings is 1. The fourth-order valence-electron chi connectivity index (χ4n) is 2.12. The second kappa shape index (κ2) is 7.53. The first-order valence-electron chi connectivity index (χ1n) is 7.54. The molecule has 0 bridgehead atoms. The molecule has 0 unspecified atom stereocenters. The van der Waals surface area contributed by atoms with E-state index in [1.165, 1.54) is 12.3 Å². The molecule has 21 heavy (non-hydrogen) atoms. The minimum atomic E-state index is -0.301. The molecule has 1 aromatic heterocycles. The molecule has 0 aromatic carbocycles. The standard InChI is InChI=1S/C12H15FN2O.C5H12/c1-9(16)15-6-4-10(5-7-15)12-3-2-11(13)8-14-12;1-5(2,3)4/h2-3,8,10H,4-7H2,1H3;1-4H3. The molecule has 0 atom stereocenters. The van der Waals surface area contributed by atoms with E-state index in [0.29, 0.717) is 11.3 Å². The van der Waals surface area contributed by atoms with Crippen molar-refractivity contribution in [2.24, 2.45) is 5.41 Å². The van der Waals surface area contributed by atoms with Gasteiger partial charge in [-0.2, -0.15) is 0 Å². The molecule has 0 N–H and O–H groups in total. The Bertz CT molecular complexity index is 437. The predicted molar refractivity (Wildman–Crippen MR) is 83.6 cm³/mol. The number of amides is 1. The van der Waals surface area contributed by atoms with Crippen LogP contribution in [-0.4, -0.2) is 28.9 Å². The molecule has 2 rings (SSSR count). The van der Waals surface area contributed by atoms with Crippen molar-refractivity contribution in [1.29, 1.82) is 0 Å². The third kappa shape index (κ3) is 7.21. The highest BCUT2D eigenvalue weighted by atomic mass is 19.1. The van der Waals surface area contributed by atoms with Crippen LogP contribution in [0.25, 0.3) is 0 Å². The van der Waals surface area contributed by atoms with Crippen LogP contribution in [0.4, 0.5) is 4.39 Å². The quantitative estimate of drug-likeness (QED) is 0.784. The topological polar surface area (TPSA) is 33.2 Å². The van der Waals surface area contributed by atoms with Crippen LogP contribution in [0.2, 0.25) is 0 Å². The molecule has 1 amide bonds. The maximum atomic E-state index is 12.7. The van der Waals surface area contributed by atoms with E-state index in [1.54, 1.807) is 13.0 Å². The number of nitrogens with zero attached hydrogens (tertiary/aromatic N) is 2. The van der Waals surface area contributed by atoms with Gasteiger partial charge in [-0.25, -0.2) is 4.39 Å². The van der Waals surface area contributed by atoms with Gasteiger partial charge >= 0.3 is 0 Å². The van der Waals surface area contributed by atoms with Crippen molar-refractivity contribution in [2.75, 3.05) is 13.1 Å². The molecule has 0 spiro atoms. The van der Waals surface area contributed by atoms with Gasteiger partial charge in [0.25, 0.3) is 0 Å². The molecule has 118 valence electrons. The number of carbonyl (C=O) groups excluding carboxylic acids is 1. The lowest BCUT2D eigenvalue weighted by atomic mass is 9.93. The van der Waals surface area contributed by atoms with E-state index in [-0.39, 0.29) is 11.7 Å². The van der Waals surface area contributed by atoms with Crippen molar-refractivity contribution in [3.63, 3.8) is 0 Å². The number of rotatable bonds is 1. The number of aromatic nitrogens is 1. The molecule has 2 heterocycles. The number of pyridine rings is 1. The Balaban J connectivity index is 0.000000383. The summed E-state index contributed by atoms with van der Waals surface area (Å²) in [5.41, 5.74) is 1.43. The van der Waals surface area contributed by atoms with Crippen molar-refractivity contribution in [1.82, 2.24) is 9.88 Å². The van der Waals surface area contributed by atoms with Crippen LogP contribution in [0.1, 0.15) is 59.1 Å². The van der Waals surface area contributed by atoms with Crippen molar-refractivity contribution in [3.05, 3.63) is 29.8 Å². The van der Waals surface area contributed by atoms with E-state index in [4.69, 9.17) is 0 Å². The first-order chi connectivity index (χ1) is 9.66. The molecule has 1 aliphatic heterocycles. The Morgan fingerprint density at radius 2 is 1.76 bits per heavy atom. The number of likely N-dealkylation sites (tertiary alicyclic amines) is 1. The summed E-state index contributed by atoms with van der Waals surface area (Å²) in [5, 5.41) is 0. The normalized spacial score (nSPS) is 16.2. The summed E-state index contributed by atoms with van der Waals surface area (Å²) >= 11 is 0. The summed E-state index contributed by atoms with van der Waals surface area (Å²) in [6.45, 7) is 11.9. The van der Waals surface area contributed by atoms with Gasteiger partial charge in [-0.05, 0) is 30.4 Å². The zero-order valence-electron chi connectivity index (χ0n) is 13.8. The molecule has 0 radical (unpaired) electrons. The number of hydrogen-bond donors (Lipinski definition) is 0. The van der Waals surface area contributed by atoms with Crippen molar-refractivity contribution < 1.29 is 9.18 Å². The Morgan fingerprint density at radius 3 is 2.14 bits per heavy atom. The highest BCUT2D eigenvalue weighted by molar-refractivity contribution is 5.73. The fourth-order valence-corrected chi connectivity index (χ4v) is 2.12. The number of halogens is 1. The largest absolute Gasteiger partial charge is 0.343 e. The van der Waals surface area contributed by atoms with Gasteiger partial charge in [0.1, 0.15) is 5.82 Å². The summed E-state index contributed by atoms with van der Waals surface area (Å²) in [7, 11) is 0. The van der Waals surface area contributed by atoms with E-state index in [0.717, 1.165) is 31.6 Å². The zero-order valence-corrected chi connectivity index (χ0v) is 13.8. The monoisotopic (exact) mass is 294 g/mol. The van der Waals surface area contributed by atoms with Crippen LogP contribution in [0.15, 0.2) is 18.3 Å². The SMILES string of the molecule is CC(=O)N1CCC(c2ccc(F)cn2)CC1.CC(C)(C)C. The van der Waals surface area contributed by atoms with E-state index < -0.39 is 0 Å². The Morgan fingerprint density at radius 1 is 1.24 bits per heavy atom. The Kier molecular flexibility index (Phi) is 6.31. The van der Waals surface area contributed by atoms with Gasteiger partial charge in [0.2, 0.25) is 5.91 Å². The van der Waals surface area contributed by atoms with E-state index >= 15 is 0 Å². The van der Waals surface area contributed by atoms with Crippen LogP contribution in [0.3, 0.4) is 0 Å². The van der Waals surface area contributed by atoms with Crippen LogP contribution >= 0.6 is 0 Å². The molecular weight excluding hydrogens is 267 g/mol. The summed E-state index contributed by atoms with van der Waals surface area (Å²) in [4.78, 5) is 17.1. The minimum Gasteiger partial charge on any atom is -0.343 e. The molecule has 0 aliphatic carbocycles. The second-order valence-electron chi connectivity index (χ2n) is 7.18. The van der Waals surface area contributed by atoms with Crippen molar-refractivity contribution in [3.8, 4) is 0 Å². The highest BCUT2D eigenvalue weighted by Crippen LogP contribution is 2.26. The lowest BCUT2D eigenvalue weighted by Gasteiger charge is -2.30. The van der Waals surface area contributed by atoms with Crippen molar-refractivity contribution >= 4 is 5.91 Å².